The fraction of sp³-hybridized carbons (Fsp3) is 0.0833. The molecule has 0 bridgehead atoms. The second kappa shape index (κ2) is 4.78. The van der Waals surface area contributed by atoms with Gasteiger partial charge in [0.25, 0.3) is 0 Å². The van der Waals surface area contributed by atoms with Crippen LogP contribution in [0.25, 0.3) is 10.8 Å². The van der Waals surface area contributed by atoms with Gasteiger partial charge in [-0.05, 0) is 87.1 Å². The van der Waals surface area contributed by atoms with Crippen LogP contribution in [0.2, 0.25) is 0 Å². The summed E-state index contributed by atoms with van der Waals surface area (Å²) < 4.78 is 2.56. The summed E-state index contributed by atoms with van der Waals surface area (Å²) in [5, 5.41) is 2.56. The number of hydrogen-bond acceptors (Lipinski definition) is 1. The van der Waals surface area contributed by atoms with Crippen LogP contribution in [0.4, 0.5) is 5.69 Å². The minimum Gasteiger partial charge on any atom is -0.262 e. The van der Waals surface area contributed by atoms with Crippen LogP contribution in [0.1, 0.15) is 6.92 Å². The first-order valence-electron chi connectivity index (χ1n) is 4.58. The fourth-order valence-corrected chi connectivity index (χ4v) is 3.57. The molecule has 0 aliphatic carbocycles. The quantitative estimate of drug-likeness (QED) is 0.465. The summed E-state index contributed by atoms with van der Waals surface area (Å²) in [4.78, 5) is 4.29. The standard InChI is InChI=1S/C12H9I2N/c1-2-15-10-3-4-11-8(6-10)5-9(13)7-12(11)14/h2-7H,1H3. The van der Waals surface area contributed by atoms with E-state index < -0.39 is 0 Å². The van der Waals surface area contributed by atoms with E-state index in [-0.39, 0.29) is 0 Å². The molecule has 3 heteroatoms. The molecule has 0 fully saturated rings. The third-order valence-electron chi connectivity index (χ3n) is 2.13. The van der Waals surface area contributed by atoms with Crippen LogP contribution in [0.15, 0.2) is 35.3 Å². The number of nitrogens with zero attached hydrogens (tertiary/aromatic N) is 1. The summed E-state index contributed by atoms with van der Waals surface area (Å²) in [7, 11) is 0. The van der Waals surface area contributed by atoms with Gasteiger partial charge in [-0.3, -0.25) is 4.99 Å². The van der Waals surface area contributed by atoms with Crippen molar-refractivity contribution in [2.45, 2.75) is 6.92 Å². The Morgan fingerprint density at radius 3 is 2.67 bits per heavy atom. The smallest absolute Gasteiger partial charge is 0.0631 e. The van der Waals surface area contributed by atoms with Crippen molar-refractivity contribution >= 4 is 67.9 Å². The van der Waals surface area contributed by atoms with Gasteiger partial charge in [0.15, 0.2) is 0 Å². The van der Waals surface area contributed by atoms with Crippen LogP contribution in [-0.2, 0) is 0 Å². The summed E-state index contributed by atoms with van der Waals surface area (Å²) in [5.41, 5.74) is 1.02. The molecule has 2 aromatic rings. The molecule has 0 aliphatic heterocycles. The zero-order valence-electron chi connectivity index (χ0n) is 8.17. The number of hydrogen-bond donors (Lipinski definition) is 0. The van der Waals surface area contributed by atoms with E-state index in [1.807, 2.05) is 13.1 Å². The lowest BCUT2D eigenvalue weighted by molar-refractivity contribution is 1.54. The Hall–Kier alpha value is -0.170. The van der Waals surface area contributed by atoms with Crippen LogP contribution >= 0.6 is 45.2 Å². The molecule has 0 atom stereocenters. The van der Waals surface area contributed by atoms with E-state index in [0.717, 1.165) is 5.69 Å². The van der Waals surface area contributed by atoms with Crippen molar-refractivity contribution in [1.29, 1.82) is 0 Å². The predicted octanol–water partition coefficient (Wildman–Crippen LogP) is 4.77. The predicted molar refractivity (Wildman–Crippen MR) is 83.2 cm³/mol. The van der Waals surface area contributed by atoms with Crippen LogP contribution in [0.3, 0.4) is 0 Å². The van der Waals surface area contributed by atoms with Crippen molar-refractivity contribution in [1.82, 2.24) is 0 Å². The zero-order valence-corrected chi connectivity index (χ0v) is 12.5. The van der Waals surface area contributed by atoms with Gasteiger partial charge in [-0.1, -0.05) is 6.07 Å². The molecule has 0 heterocycles. The minimum absolute atomic E-state index is 1.02. The largest absolute Gasteiger partial charge is 0.262 e. The van der Waals surface area contributed by atoms with E-state index in [1.54, 1.807) is 0 Å². The number of benzene rings is 2. The molecule has 15 heavy (non-hydrogen) atoms. The van der Waals surface area contributed by atoms with E-state index in [0.29, 0.717) is 0 Å². The molecule has 0 aromatic heterocycles. The van der Waals surface area contributed by atoms with Crippen LogP contribution in [-0.4, -0.2) is 6.21 Å². The molecule has 0 spiro atoms. The molecule has 0 N–H and O–H groups in total. The topological polar surface area (TPSA) is 12.4 Å². The maximum atomic E-state index is 4.29. The van der Waals surface area contributed by atoms with Gasteiger partial charge in [0.05, 0.1) is 5.69 Å². The van der Waals surface area contributed by atoms with Crippen molar-refractivity contribution in [3.05, 3.63) is 37.5 Å². The summed E-state index contributed by atoms with van der Waals surface area (Å²) in [6, 6.07) is 10.7. The van der Waals surface area contributed by atoms with Crippen LogP contribution in [0.5, 0.6) is 0 Å². The summed E-state index contributed by atoms with van der Waals surface area (Å²) in [5.74, 6) is 0. The molecule has 0 aliphatic rings. The van der Waals surface area contributed by atoms with E-state index in [9.17, 15) is 0 Å². The Bertz CT molecular complexity index is 532. The highest BCUT2D eigenvalue weighted by Gasteiger charge is 2.01. The third kappa shape index (κ3) is 2.50. The lowest BCUT2D eigenvalue weighted by atomic mass is 10.1. The molecule has 0 saturated heterocycles. The first-order valence-corrected chi connectivity index (χ1v) is 6.74. The van der Waals surface area contributed by atoms with Gasteiger partial charge in [-0.25, -0.2) is 0 Å². The minimum atomic E-state index is 1.02. The van der Waals surface area contributed by atoms with Crippen molar-refractivity contribution in [2.75, 3.05) is 0 Å². The van der Waals surface area contributed by atoms with Crippen molar-refractivity contribution in [2.24, 2.45) is 4.99 Å². The number of halogens is 2. The summed E-state index contributed by atoms with van der Waals surface area (Å²) >= 11 is 4.72. The van der Waals surface area contributed by atoms with Crippen molar-refractivity contribution in [3.8, 4) is 0 Å². The lowest BCUT2D eigenvalue weighted by Gasteiger charge is -2.03. The second-order valence-corrected chi connectivity index (χ2v) is 5.59. The van der Waals surface area contributed by atoms with Gasteiger partial charge in [-0.2, -0.15) is 0 Å². The Balaban J connectivity index is 2.70. The summed E-state index contributed by atoms with van der Waals surface area (Å²) in [6.45, 7) is 1.93. The van der Waals surface area contributed by atoms with E-state index in [4.69, 9.17) is 0 Å². The van der Waals surface area contributed by atoms with Crippen molar-refractivity contribution in [3.63, 3.8) is 0 Å². The van der Waals surface area contributed by atoms with Gasteiger partial charge < -0.3 is 0 Å². The molecule has 0 radical (unpaired) electrons. The fourth-order valence-electron chi connectivity index (χ4n) is 1.51. The highest BCUT2D eigenvalue weighted by atomic mass is 127. The average Bonchev–Trinajstić information content (AvgIpc) is 2.17. The Morgan fingerprint density at radius 2 is 1.93 bits per heavy atom. The maximum absolute atomic E-state index is 4.29. The third-order valence-corrected chi connectivity index (χ3v) is 3.64. The number of rotatable bonds is 1. The normalized spacial score (nSPS) is 11.4. The highest BCUT2D eigenvalue weighted by Crippen LogP contribution is 2.27. The van der Waals surface area contributed by atoms with Gasteiger partial charge in [0, 0.05) is 13.4 Å². The molecule has 0 saturated carbocycles. The molecule has 2 rings (SSSR count). The summed E-state index contributed by atoms with van der Waals surface area (Å²) in [6.07, 6.45) is 1.82. The zero-order chi connectivity index (χ0) is 10.8. The molecule has 76 valence electrons. The van der Waals surface area contributed by atoms with Crippen LogP contribution in [0, 0.1) is 7.14 Å². The molecule has 0 unspecified atom stereocenters. The second-order valence-electron chi connectivity index (χ2n) is 3.18. The number of aliphatic imine (C=N–C) groups is 1. The van der Waals surface area contributed by atoms with E-state index >= 15 is 0 Å². The van der Waals surface area contributed by atoms with Gasteiger partial charge >= 0.3 is 0 Å². The first kappa shape index (κ1) is 11.3. The van der Waals surface area contributed by atoms with Gasteiger partial charge in [0.2, 0.25) is 0 Å². The lowest BCUT2D eigenvalue weighted by Crippen LogP contribution is -1.80. The molecule has 2 aromatic carbocycles. The average molecular weight is 421 g/mol. The molecule has 1 nitrogen and oxygen atoms in total. The highest BCUT2D eigenvalue weighted by molar-refractivity contribution is 14.1. The molecular weight excluding hydrogens is 412 g/mol. The van der Waals surface area contributed by atoms with Gasteiger partial charge in [-0.15, -0.1) is 0 Å². The van der Waals surface area contributed by atoms with Gasteiger partial charge in [0.1, 0.15) is 0 Å². The maximum Gasteiger partial charge on any atom is 0.0631 e. The van der Waals surface area contributed by atoms with E-state index in [2.05, 4.69) is 80.5 Å². The Labute approximate surface area is 116 Å². The number of fused-ring (bicyclic) bond motifs is 1. The van der Waals surface area contributed by atoms with E-state index in [1.165, 1.54) is 17.9 Å². The van der Waals surface area contributed by atoms with Crippen LogP contribution < -0.4 is 0 Å². The van der Waals surface area contributed by atoms with Crippen molar-refractivity contribution < 1.29 is 0 Å². The Kier molecular flexibility index (Phi) is 3.60. The monoisotopic (exact) mass is 421 g/mol. The molecular formula is C12H9I2N. The SMILES string of the molecule is CC=Nc1ccc2c(I)cc(I)cc2c1. The Morgan fingerprint density at radius 1 is 1.13 bits per heavy atom. The first-order chi connectivity index (χ1) is 7.20. The molecule has 0 amide bonds.